The Morgan fingerprint density at radius 2 is 1.79 bits per heavy atom. The molecule has 1 amide bonds. The Kier molecular flexibility index (Phi) is 7.38. The number of nitrogens with one attached hydrogen (secondary N) is 1. The van der Waals surface area contributed by atoms with Gasteiger partial charge in [-0.2, -0.15) is 13.2 Å². The number of amides is 1. The highest BCUT2D eigenvalue weighted by molar-refractivity contribution is 5.83. The highest BCUT2D eigenvalue weighted by Gasteiger charge is 2.41. The van der Waals surface area contributed by atoms with Gasteiger partial charge in [0.2, 0.25) is 11.8 Å². The molecule has 4 aromatic rings. The van der Waals surface area contributed by atoms with Gasteiger partial charge in [-0.15, -0.1) is 0 Å². The van der Waals surface area contributed by atoms with Crippen LogP contribution in [0.15, 0.2) is 54.7 Å². The van der Waals surface area contributed by atoms with Crippen molar-refractivity contribution in [3.05, 3.63) is 66.1 Å². The fourth-order valence-corrected chi connectivity index (χ4v) is 5.70. The Bertz CT molecular complexity index is 1590. The summed E-state index contributed by atoms with van der Waals surface area (Å²) in [5, 5.41) is 0. The van der Waals surface area contributed by atoms with Crippen molar-refractivity contribution in [1.29, 1.82) is 0 Å². The minimum atomic E-state index is -4.49. The molecule has 220 valence electrons. The molecule has 1 aliphatic heterocycles. The SMILES string of the molecule is C[C@]1(C(=O)N2CCOCC2)CC[C@@H](Oc2ccc(-c3ccc(-c4nc5cc(C(F)(F)F)ccc5[nH]4)c(F)c3)cn2)CC1. The molecular formula is C31H30F4N4O3. The number of imidazole rings is 1. The fourth-order valence-electron chi connectivity index (χ4n) is 5.70. The zero-order valence-corrected chi connectivity index (χ0v) is 23.0. The number of carbonyl (C=O) groups is 1. The van der Waals surface area contributed by atoms with E-state index in [2.05, 4.69) is 15.0 Å². The lowest BCUT2D eigenvalue weighted by molar-refractivity contribution is -0.148. The van der Waals surface area contributed by atoms with Crippen molar-refractivity contribution in [2.24, 2.45) is 5.41 Å². The summed E-state index contributed by atoms with van der Waals surface area (Å²) in [4.78, 5) is 26.5. The molecule has 0 unspecified atom stereocenters. The fraction of sp³-hybridized carbons (Fsp3) is 0.387. The topological polar surface area (TPSA) is 80.3 Å². The van der Waals surface area contributed by atoms with Gasteiger partial charge >= 0.3 is 6.18 Å². The van der Waals surface area contributed by atoms with Crippen LogP contribution in [-0.4, -0.2) is 58.2 Å². The Morgan fingerprint density at radius 1 is 1.05 bits per heavy atom. The second-order valence-electron chi connectivity index (χ2n) is 11.2. The first-order valence-electron chi connectivity index (χ1n) is 14.0. The smallest absolute Gasteiger partial charge is 0.416 e. The molecule has 2 aliphatic rings. The van der Waals surface area contributed by atoms with Crippen molar-refractivity contribution in [3.63, 3.8) is 0 Å². The number of halogens is 4. The van der Waals surface area contributed by atoms with Crippen LogP contribution < -0.4 is 4.74 Å². The summed E-state index contributed by atoms with van der Waals surface area (Å²) < 4.78 is 65.7. The molecule has 1 N–H and O–H groups in total. The molecule has 7 nitrogen and oxygen atoms in total. The number of hydrogen-bond acceptors (Lipinski definition) is 5. The van der Waals surface area contributed by atoms with Gasteiger partial charge in [-0.3, -0.25) is 4.79 Å². The van der Waals surface area contributed by atoms with E-state index in [9.17, 15) is 18.0 Å². The molecule has 1 saturated heterocycles. The standard InChI is InChI=1S/C31H30F4N4O3/c1-30(29(40)39-12-14-41-15-13-39)10-8-22(9-11-30)42-27-7-3-20(18-36-27)19-2-5-23(24(32)16-19)28-37-25-6-4-21(31(33,34)35)17-26(25)38-28/h2-7,16-18,22H,8-15H2,1H3,(H,37,38)/t22-,30+. The first-order chi connectivity index (χ1) is 20.1. The summed E-state index contributed by atoms with van der Waals surface area (Å²) in [5.41, 5.74) is 0.693. The average Bonchev–Trinajstić information content (AvgIpc) is 3.42. The molecule has 0 bridgehead atoms. The third-order valence-corrected chi connectivity index (χ3v) is 8.24. The van der Waals surface area contributed by atoms with Gasteiger partial charge in [0, 0.05) is 36.3 Å². The minimum Gasteiger partial charge on any atom is -0.474 e. The number of aromatic amines is 1. The quantitative estimate of drug-likeness (QED) is 0.267. The molecule has 3 heterocycles. The molecule has 2 aromatic carbocycles. The summed E-state index contributed by atoms with van der Waals surface area (Å²) in [5.74, 6) is 0.232. The van der Waals surface area contributed by atoms with Gasteiger partial charge < -0.3 is 19.4 Å². The monoisotopic (exact) mass is 582 g/mol. The van der Waals surface area contributed by atoms with Gasteiger partial charge in [0.25, 0.3) is 0 Å². The van der Waals surface area contributed by atoms with Crippen LogP contribution in [0.4, 0.5) is 17.6 Å². The number of aromatic nitrogens is 3. The number of carbonyl (C=O) groups excluding carboxylic acids is 1. The number of pyridine rings is 1. The maximum Gasteiger partial charge on any atom is 0.416 e. The number of morpholine rings is 1. The van der Waals surface area contributed by atoms with Gasteiger partial charge in [0.15, 0.2) is 0 Å². The van der Waals surface area contributed by atoms with E-state index in [1.54, 1.807) is 24.4 Å². The Hall–Kier alpha value is -3.99. The molecular weight excluding hydrogens is 552 g/mol. The maximum atomic E-state index is 15.1. The van der Waals surface area contributed by atoms with E-state index in [0.717, 1.165) is 37.8 Å². The predicted molar refractivity (Wildman–Crippen MR) is 148 cm³/mol. The van der Waals surface area contributed by atoms with Crippen LogP contribution in [0.5, 0.6) is 5.88 Å². The summed E-state index contributed by atoms with van der Waals surface area (Å²) >= 11 is 0. The number of hydrogen-bond donors (Lipinski definition) is 1. The average molecular weight is 583 g/mol. The molecule has 6 rings (SSSR count). The van der Waals surface area contributed by atoms with Crippen LogP contribution in [0, 0.1) is 11.2 Å². The maximum absolute atomic E-state index is 15.1. The lowest BCUT2D eigenvalue weighted by Gasteiger charge is -2.40. The predicted octanol–water partition coefficient (Wildman–Crippen LogP) is 6.64. The molecule has 0 radical (unpaired) electrons. The molecule has 0 atom stereocenters. The van der Waals surface area contributed by atoms with Gasteiger partial charge in [-0.05, 0) is 67.6 Å². The van der Waals surface area contributed by atoms with Gasteiger partial charge in [-0.1, -0.05) is 13.0 Å². The van der Waals surface area contributed by atoms with Crippen LogP contribution in [0.25, 0.3) is 33.5 Å². The number of benzene rings is 2. The van der Waals surface area contributed by atoms with Crippen molar-refractivity contribution in [2.75, 3.05) is 26.3 Å². The second-order valence-corrected chi connectivity index (χ2v) is 11.2. The molecule has 1 aliphatic carbocycles. The lowest BCUT2D eigenvalue weighted by atomic mass is 9.73. The zero-order chi connectivity index (χ0) is 29.5. The molecule has 11 heteroatoms. The van der Waals surface area contributed by atoms with E-state index in [0.29, 0.717) is 48.8 Å². The minimum absolute atomic E-state index is 0.0401. The van der Waals surface area contributed by atoms with Crippen molar-refractivity contribution >= 4 is 16.9 Å². The third-order valence-electron chi connectivity index (χ3n) is 8.24. The summed E-state index contributed by atoms with van der Waals surface area (Å²) in [6.45, 7) is 4.49. The number of rotatable bonds is 5. The number of alkyl halides is 3. The summed E-state index contributed by atoms with van der Waals surface area (Å²) in [6.07, 6.45) is 0.0683. The zero-order valence-electron chi connectivity index (χ0n) is 23.0. The number of ether oxygens (including phenoxy) is 2. The van der Waals surface area contributed by atoms with E-state index >= 15 is 4.39 Å². The molecule has 2 aromatic heterocycles. The van der Waals surface area contributed by atoms with Crippen LogP contribution >= 0.6 is 0 Å². The molecule has 42 heavy (non-hydrogen) atoms. The van der Waals surface area contributed by atoms with Crippen LogP contribution in [0.2, 0.25) is 0 Å². The van der Waals surface area contributed by atoms with Gasteiger partial charge in [0.1, 0.15) is 17.7 Å². The molecule has 1 saturated carbocycles. The number of nitrogens with zero attached hydrogens (tertiary/aromatic N) is 3. The highest BCUT2D eigenvalue weighted by Crippen LogP contribution is 2.39. The van der Waals surface area contributed by atoms with E-state index in [4.69, 9.17) is 9.47 Å². The van der Waals surface area contributed by atoms with Crippen molar-refractivity contribution in [1.82, 2.24) is 19.9 Å². The molecule has 0 spiro atoms. The van der Waals surface area contributed by atoms with Crippen molar-refractivity contribution in [3.8, 4) is 28.4 Å². The Morgan fingerprint density at radius 3 is 2.45 bits per heavy atom. The number of fused-ring (bicyclic) bond motifs is 1. The van der Waals surface area contributed by atoms with Crippen LogP contribution in [0.1, 0.15) is 38.2 Å². The largest absolute Gasteiger partial charge is 0.474 e. The van der Waals surface area contributed by atoms with E-state index in [1.165, 1.54) is 18.2 Å². The number of H-pyrrole nitrogens is 1. The highest BCUT2D eigenvalue weighted by atomic mass is 19.4. The van der Waals surface area contributed by atoms with Crippen molar-refractivity contribution in [2.45, 2.75) is 44.9 Å². The first-order valence-corrected chi connectivity index (χ1v) is 14.0. The second kappa shape index (κ2) is 11.0. The molecule has 2 fully saturated rings. The van der Waals surface area contributed by atoms with Crippen LogP contribution in [0.3, 0.4) is 0 Å². The van der Waals surface area contributed by atoms with E-state index in [1.807, 2.05) is 11.8 Å². The first kappa shape index (κ1) is 28.1. The Labute approximate surface area is 239 Å². The normalized spacial score (nSPS) is 21.5. The van der Waals surface area contributed by atoms with Crippen LogP contribution in [-0.2, 0) is 15.7 Å². The lowest BCUT2D eigenvalue weighted by Crippen LogP contribution is -2.49. The summed E-state index contributed by atoms with van der Waals surface area (Å²) in [7, 11) is 0. The van der Waals surface area contributed by atoms with E-state index < -0.39 is 17.6 Å². The summed E-state index contributed by atoms with van der Waals surface area (Å²) in [6, 6.07) is 11.3. The van der Waals surface area contributed by atoms with E-state index in [-0.39, 0.29) is 34.3 Å². The Balaban J connectivity index is 1.09. The third kappa shape index (κ3) is 5.70. The van der Waals surface area contributed by atoms with Crippen molar-refractivity contribution < 1.29 is 31.8 Å². The van der Waals surface area contributed by atoms with Gasteiger partial charge in [0.05, 0.1) is 35.4 Å². The van der Waals surface area contributed by atoms with Gasteiger partial charge in [-0.25, -0.2) is 14.4 Å².